The molecule has 0 radical (unpaired) electrons. The Morgan fingerprint density at radius 1 is 0.865 bits per heavy atom. The smallest absolute Gasteiger partial charge is 0.402 e. The molecule has 0 amide bonds. The third-order valence-corrected chi connectivity index (χ3v) is 10.9. The van der Waals surface area contributed by atoms with Gasteiger partial charge in [-0.2, -0.15) is 17.2 Å². The van der Waals surface area contributed by atoms with Crippen LogP contribution < -0.4 is 0 Å². The molecular formula is C25H34F2O9S. The zero-order chi connectivity index (χ0) is 26.5. The lowest BCUT2D eigenvalue weighted by molar-refractivity contribution is -0.234. The van der Waals surface area contributed by atoms with Crippen molar-refractivity contribution < 1.29 is 50.7 Å². The molecule has 0 aromatic rings. The molecule has 8 aliphatic rings. The van der Waals surface area contributed by atoms with Crippen molar-refractivity contribution >= 4 is 22.1 Å². The van der Waals surface area contributed by atoms with Crippen molar-refractivity contribution in [1.82, 2.24) is 0 Å². The van der Waals surface area contributed by atoms with Crippen LogP contribution in [0.3, 0.4) is 0 Å². The fourth-order valence-electron chi connectivity index (χ4n) is 9.70. The van der Waals surface area contributed by atoms with Gasteiger partial charge in [0.25, 0.3) is 0 Å². The lowest BCUT2D eigenvalue weighted by atomic mass is 9.48. The van der Waals surface area contributed by atoms with E-state index in [0.717, 1.165) is 38.5 Å². The number of carbonyl (C=O) groups is 2. The maximum absolute atomic E-state index is 13.7. The summed E-state index contributed by atoms with van der Waals surface area (Å²) in [6.07, 6.45) is 7.78. The standard InChI is InChI=1S/C25H34F2O9S/c26-25(27,37(31,32)33)14-34-20(29)21-3-15-1-16(4-21)8-23(7-15,12-21)35-11-19(28)36-24-9-17-2-18(10-24)6-22(30,5-17)13-24/h15-18,30H,1-14H2,(H,31,32,33). The molecule has 8 saturated carbocycles. The second-order valence-corrected chi connectivity index (χ2v) is 14.8. The monoisotopic (exact) mass is 548 g/mol. The number of hydrogen-bond donors (Lipinski definition) is 2. The zero-order valence-electron chi connectivity index (χ0n) is 20.6. The molecule has 8 fully saturated rings. The van der Waals surface area contributed by atoms with Crippen LogP contribution in [-0.2, 0) is 33.9 Å². The molecule has 8 rings (SSSR count). The lowest BCUT2D eigenvalue weighted by Crippen LogP contribution is -2.61. The van der Waals surface area contributed by atoms with E-state index >= 15 is 0 Å². The first-order chi connectivity index (χ1) is 17.1. The van der Waals surface area contributed by atoms with Gasteiger partial charge in [-0.15, -0.1) is 0 Å². The second kappa shape index (κ2) is 8.08. The van der Waals surface area contributed by atoms with Crippen molar-refractivity contribution in [2.75, 3.05) is 13.2 Å². The van der Waals surface area contributed by atoms with E-state index < -0.39 is 56.1 Å². The van der Waals surface area contributed by atoms with Crippen molar-refractivity contribution in [3.05, 3.63) is 0 Å². The van der Waals surface area contributed by atoms with Gasteiger partial charge < -0.3 is 19.3 Å². The number of carbonyl (C=O) groups excluding carboxylic acids is 2. The summed E-state index contributed by atoms with van der Waals surface area (Å²) < 4.78 is 74.8. The summed E-state index contributed by atoms with van der Waals surface area (Å²) in [5.74, 6) is -0.481. The van der Waals surface area contributed by atoms with Gasteiger partial charge in [-0.3, -0.25) is 9.35 Å². The van der Waals surface area contributed by atoms with E-state index in [1.54, 1.807) is 0 Å². The highest BCUT2D eigenvalue weighted by Gasteiger charge is 2.63. The third-order valence-electron chi connectivity index (χ3n) is 9.99. The van der Waals surface area contributed by atoms with Gasteiger partial charge in [-0.1, -0.05) is 0 Å². The van der Waals surface area contributed by atoms with Gasteiger partial charge in [0.1, 0.15) is 12.2 Å². The number of hydrogen-bond acceptors (Lipinski definition) is 8. The first-order valence-corrected chi connectivity index (χ1v) is 14.7. The highest BCUT2D eigenvalue weighted by molar-refractivity contribution is 7.86. The summed E-state index contributed by atoms with van der Waals surface area (Å²) in [5, 5.41) is 6.33. The Morgan fingerprint density at radius 2 is 1.41 bits per heavy atom. The molecule has 4 atom stereocenters. The molecular weight excluding hydrogens is 514 g/mol. The van der Waals surface area contributed by atoms with Crippen LogP contribution >= 0.6 is 0 Å². The predicted molar refractivity (Wildman–Crippen MR) is 122 cm³/mol. The highest BCUT2D eigenvalue weighted by Crippen LogP contribution is 2.63. The molecule has 4 unspecified atom stereocenters. The predicted octanol–water partition coefficient (Wildman–Crippen LogP) is 2.99. The molecule has 9 nitrogen and oxygen atoms in total. The fourth-order valence-corrected chi connectivity index (χ4v) is 9.90. The maximum atomic E-state index is 13.7. The largest absolute Gasteiger partial charge is 0.458 e. The quantitative estimate of drug-likeness (QED) is 0.346. The Morgan fingerprint density at radius 3 is 1.95 bits per heavy atom. The number of esters is 2. The Bertz CT molecular complexity index is 1080. The average molecular weight is 549 g/mol. The molecule has 37 heavy (non-hydrogen) atoms. The first kappa shape index (κ1) is 25.9. The number of halogens is 2. The topological polar surface area (TPSA) is 136 Å². The molecule has 0 saturated heterocycles. The van der Waals surface area contributed by atoms with Crippen molar-refractivity contribution in [2.24, 2.45) is 29.1 Å². The molecule has 8 aliphatic carbocycles. The molecule has 208 valence electrons. The molecule has 12 heteroatoms. The van der Waals surface area contributed by atoms with Gasteiger partial charge in [-0.05, 0) is 94.3 Å². The summed E-state index contributed by atoms with van der Waals surface area (Å²) in [4.78, 5) is 26.0. The summed E-state index contributed by atoms with van der Waals surface area (Å²) in [6.45, 7) is -2.04. The zero-order valence-corrected chi connectivity index (χ0v) is 21.4. The Balaban J connectivity index is 1.11. The maximum Gasteiger partial charge on any atom is 0.402 e. The minimum atomic E-state index is -5.71. The van der Waals surface area contributed by atoms with Crippen LogP contribution in [0.4, 0.5) is 8.78 Å². The van der Waals surface area contributed by atoms with Crippen molar-refractivity contribution in [2.45, 2.75) is 99.1 Å². The van der Waals surface area contributed by atoms with E-state index in [4.69, 9.17) is 18.8 Å². The highest BCUT2D eigenvalue weighted by atomic mass is 32.2. The van der Waals surface area contributed by atoms with Gasteiger partial charge in [0.05, 0.1) is 16.6 Å². The summed E-state index contributed by atoms with van der Waals surface area (Å²) in [6, 6.07) is 0. The number of alkyl halides is 2. The SMILES string of the molecule is O=C(COC12CC3CC(C1)CC(C(=O)OCC(F)(F)S(=O)(=O)O)(C3)C2)OC12CC3CC(CC(O)(C3)C1)C2. The number of rotatable bonds is 8. The Hall–Kier alpha value is -1.37. The minimum Gasteiger partial charge on any atom is -0.458 e. The molecule has 0 aliphatic heterocycles. The van der Waals surface area contributed by atoms with Gasteiger partial charge in [0.15, 0.2) is 6.61 Å². The summed E-state index contributed by atoms with van der Waals surface area (Å²) in [7, 11) is -5.71. The van der Waals surface area contributed by atoms with Gasteiger partial charge in [-0.25, -0.2) is 4.79 Å². The fraction of sp³-hybridized carbons (Fsp3) is 0.920. The normalized spacial score (nSPS) is 45.7. The Labute approximate surface area is 214 Å². The average Bonchev–Trinajstić information content (AvgIpc) is 2.72. The van der Waals surface area contributed by atoms with Crippen molar-refractivity contribution in [3.8, 4) is 0 Å². The molecule has 2 N–H and O–H groups in total. The van der Waals surface area contributed by atoms with Crippen LogP contribution in [0, 0.1) is 29.1 Å². The first-order valence-electron chi connectivity index (χ1n) is 13.2. The van der Waals surface area contributed by atoms with Crippen molar-refractivity contribution in [1.29, 1.82) is 0 Å². The van der Waals surface area contributed by atoms with E-state index in [1.165, 1.54) is 0 Å². The summed E-state index contributed by atoms with van der Waals surface area (Å²) in [5.41, 5.74) is -3.28. The minimum absolute atomic E-state index is 0.101. The van der Waals surface area contributed by atoms with Gasteiger partial charge in [0.2, 0.25) is 0 Å². The van der Waals surface area contributed by atoms with Crippen LogP contribution in [-0.4, -0.2) is 65.3 Å². The van der Waals surface area contributed by atoms with Gasteiger partial charge >= 0.3 is 27.3 Å². The molecule has 0 spiro atoms. The Kier molecular flexibility index (Phi) is 5.65. The van der Waals surface area contributed by atoms with E-state index in [-0.39, 0.29) is 24.9 Å². The van der Waals surface area contributed by atoms with E-state index in [2.05, 4.69) is 0 Å². The number of aliphatic hydroxyl groups is 1. The lowest BCUT2D eigenvalue weighted by Gasteiger charge is -2.60. The molecule has 0 aromatic carbocycles. The summed E-state index contributed by atoms with van der Waals surface area (Å²) >= 11 is 0. The third kappa shape index (κ3) is 4.49. The van der Waals surface area contributed by atoms with Crippen LogP contribution in [0.5, 0.6) is 0 Å². The van der Waals surface area contributed by atoms with Crippen LogP contribution in [0.1, 0.15) is 77.0 Å². The van der Waals surface area contributed by atoms with Crippen LogP contribution in [0.15, 0.2) is 0 Å². The van der Waals surface area contributed by atoms with Crippen LogP contribution in [0.25, 0.3) is 0 Å². The second-order valence-electron chi connectivity index (χ2n) is 13.2. The van der Waals surface area contributed by atoms with E-state index in [0.29, 0.717) is 43.9 Å². The molecule has 0 aromatic heterocycles. The number of ether oxygens (including phenoxy) is 3. The molecule has 8 bridgehead atoms. The van der Waals surface area contributed by atoms with Crippen molar-refractivity contribution in [3.63, 3.8) is 0 Å². The van der Waals surface area contributed by atoms with Gasteiger partial charge in [0, 0.05) is 6.42 Å². The molecule has 0 heterocycles. The van der Waals surface area contributed by atoms with Crippen LogP contribution in [0.2, 0.25) is 0 Å². The van der Waals surface area contributed by atoms with E-state index in [9.17, 15) is 31.9 Å². The van der Waals surface area contributed by atoms with E-state index in [1.807, 2.05) is 0 Å².